The smallest absolute Gasteiger partial charge is 0.0484 e. The van der Waals surface area contributed by atoms with Gasteiger partial charge in [-0.2, -0.15) is 0 Å². The highest BCUT2D eigenvalue weighted by atomic mass is 28.3. The first-order valence-corrected chi connectivity index (χ1v) is 15.0. The molecule has 1 heteroatoms. The second-order valence-electron chi connectivity index (χ2n) is 10.00. The average molecular weight is 396 g/mol. The van der Waals surface area contributed by atoms with Crippen LogP contribution in [0.3, 0.4) is 0 Å². The Kier molecular flexibility index (Phi) is 21.1. The molecular formula is C26H55Si. The van der Waals surface area contributed by atoms with Crippen LogP contribution >= 0.6 is 0 Å². The van der Waals surface area contributed by atoms with E-state index in [-0.39, 0.29) is 8.80 Å². The van der Waals surface area contributed by atoms with Crippen molar-refractivity contribution in [2.75, 3.05) is 0 Å². The van der Waals surface area contributed by atoms with Crippen molar-refractivity contribution < 1.29 is 0 Å². The highest BCUT2D eigenvalue weighted by molar-refractivity contribution is 6.58. The zero-order valence-corrected chi connectivity index (χ0v) is 21.1. The molecule has 0 N–H and O–H groups in total. The van der Waals surface area contributed by atoms with Crippen LogP contribution < -0.4 is 0 Å². The summed E-state index contributed by atoms with van der Waals surface area (Å²) < 4.78 is 0. The Morgan fingerprint density at radius 2 is 0.741 bits per heavy atom. The molecule has 0 spiro atoms. The van der Waals surface area contributed by atoms with Crippen LogP contribution in [-0.4, -0.2) is 8.80 Å². The van der Waals surface area contributed by atoms with E-state index in [2.05, 4.69) is 34.6 Å². The van der Waals surface area contributed by atoms with Crippen LogP contribution in [-0.2, 0) is 0 Å². The molecular weight excluding hydrogens is 340 g/mol. The molecule has 0 rings (SSSR count). The van der Waals surface area contributed by atoms with E-state index in [0.29, 0.717) is 0 Å². The van der Waals surface area contributed by atoms with Gasteiger partial charge in [0.15, 0.2) is 0 Å². The van der Waals surface area contributed by atoms with E-state index in [9.17, 15) is 0 Å². The lowest BCUT2D eigenvalue weighted by molar-refractivity contribution is 0.531. The molecule has 0 bridgehead atoms. The van der Waals surface area contributed by atoms with Crippen LogP contribution in [0.4, 0.5) is 0 Å². The first-order valence-electron chi connectivity index (χ1n) is 12.9. The number of unbranched alkanes of at least 4 members (excludes halogenated alkanes) is 15. The fourth-order valence-corrected chi connectivity index (χ4v) is 8.00. The molecule has 0 aliphatic rings. The van der Waals surface area contributed by atoms with Crippen LogP contribution in [0.1, 0.15) is 137 Å². The van der Waals surface area contributed by atoms with Gasteiger partial charge in [0.1, 0.15) is 0 Å². The van der Waals surface area contributed by atoms with Crippen molar-refractivity contribution in [2.24, 2.45) is 11.8 Å². The van der Waals surface area contributed by atoms with Crippen molar-refractivity contribution in [1.29, 1.82) is 0 Å². The second-order valence-corrected chi connectivity index (χ2v) is 12.8. The molecule has 0 fully saturated rings. The summed E-state index contributed by atoms with van der Waals surface area (Å²) in [7, 11) is -0.0624. The SMILES string of the molecule is CCCCCCCCCCCCCCCCCC[Si](CC(C)C)CC(C)C. The number of hydrogen-bond donors (Lipinski definition) is 0. The maximum absolute atomic E-state index is 2.42. The second kappa shape index (κ2) is 20.9. The zero-order valence-electron chi connectivity index (χ0n) is 20.1. The van der Waals surface area contributed by atoms with Gasteiger partial charge in [0, 0.05) is 8.80 Å². The Bertz CT molecular complexity index is 261. The molecule has 0 aromatic rings. The van der Waals surface area contributed by atoms with Crippen molar-refractivity contribution in [3.63, 3.8) is 0 Å². The monoisotopic (exact) mass is 395 g/mol. The lowest BCUT2D eigenvalue weighted by Gasteiger charge is -2.19. The first kappa shape index (κ1) is 27.2. The number of hydrogen-bond acceptors (Lipinski definition) is 0. The van der Waals surface area contributed by atoms with E-state index in [1.54, 1.807) is 18.1 Å². The predicted octanol–water partition coefficient (Wildman–Crippen LogP) is 10.1. The Labute approximate surface area is 176 Å². The van der Waals surface area contributed by atoms with Gasteiger partial charge in [-0.1, -0.05) is 155 Å². The predicted molar refractivity (Wildman–Crippen MR) is 129 cm³/mol. The van der Waals surface area contributed by atoms with E-state index in [1.807, 2.05) is 0 Å². The van der Waals surface area contributed by atoms with Crippen molar-refractivity contribution in [3.05, 3.63) is 0 Å². The molecule has 0 saturated heterocycles. The van der Waals surface area contributed by atoms with Crippen molar-refractivity contribution >= 4 is 8.80 Å². The molecule has 0 atom stereocenters. The summed E-state index contributed by atoms with van der Waals surface area (Å²) in [5.74, 6) is 1.83. The van der Waals surface area contributed by atoms with Gasteiger partial charge in [-0.25, -0.2) is 0 Å². The maximum atomic E-state index is 2.42. The summed E-state index contributed by atoms with van der Waals surface area (Å²) in [5, 5.41) is 0. The van der Waals surface area contributed by atoms with Crippen molar-refractivity contribution in [2.45, 2.75) is 155 Å². The van der Waals surface area contributed by atoms with Crippen LogP contribution in [0.25, 0.3) is 0 Å². The van der Waals surface area contributed by atoms with E-state index in [0.717, 1.165) is 11.8 Å². The van der Waals surface area contributed by atoms with Crippen molar-refractivity contribution in [3.8, 4) is 0 Å². The third kappa shape index (κ3) is 22.4. The van der Waals surface area contributed by atoms with Gasteiger partial charge < -0.3 is 0 Å². The van der Waals surface area contributed by atoms with Crippen LogP contribution in [0, 0.1) is 11.8 Å². The molecule has 1 radical (unpaired) electrons. The molecule has 163 valence electrons. The third-order valence-electron chi connectivity index (χ3n) is 5.78. The van der Waals surface area contributed by atoms with E-state index in [4.69, 9.17) is 0 Å². The van der Waals surface area contributed by atoms with Gasteiger partial charge in [-0.15, -0.1) is 0 Å². The molecule has 0 aromatic carbocycles. The third-order valence-corrected chi connectivity index (χ3v) is 9.63. The van der Waals surface area contributed by atoms with E-state index in [1.165, 1.54) is 103 Å². The summed E-state index contributed by atoms with van der Waals surface area (Å²) in [4.78, 5) is 0. The summed E-state index contributed by atoms with van der Waals surface area (Å²) in [6, 6.07) is 4.67. The molecule has 0 amide bonds. The maximum Gasteiger partial charge on any atom is 0.0484 e. The highest BCUT2D eigenvalue weighted by Gasteiger charge is 2.14. The van der Waals surface area contributed by atoms with Gasteiger partial charge in [0.25, 0.3) is 0 Å². The van der Waals surface area contributed by atoms with Gasteiger partial charge >= 0.3 is 0 Å². The first-order chi connectivity index (χ1) is 13.1. The van der Waals surface area contributed by atoms with Gasteiger partial charge in [-0.3, -0.25) is 0 Å². The fourth-order valence-electron chi connectivity index (χ4n) is 4.37. The summed E-state index contributed by atoms with van der Waals surface area (Å²) in [6.07, 6.45) is 23.7. The zero-order chi connectivity index (χ0) is 20.2. The Morgan fingerprint density at radius 3 is 1.04 bits per heavy atom. The van der Waals surface area contributed by atoms with Gasteiger partial charge in [-0.05, 0) is 11.8 Å². The quantitative estimate of drug-likeness (QED) is 0.134. The normalized spacial score (nSPS) is 12.0. The Balaban J connectivity index is 3.30. The largest absolute Gasteiger partial charge is 0.0654 e. The topological polar surface area (TPSA) is 0 Å². The molecule has 0 aliphatic heterocycles. The Hall–Kier alpha value is 0.217. The Morgan fingerprint density at radius 1 is 0.444 bits per heavy atom. The van der Waals surface area contributed by atoms with Gasteiger partial charge in [0.05, 0.1) is 0 Å². The summed E-state index contributed by atoms with van der Waals surface area (Å²) in [6.45, 7) is 12.0. The standard InChI is InChI=1S/C26H55Si/c1-6-7-8-9-10-11-12-13-14-15-16-17-18-19-20-21-22-27(23-25(2)3)24-26(4)5/h25-26H,6-24H2,1-5H3. The molecule has 0 aromatic heterocycles. The minimum atomic E-state index is -0.0624. The molecule has 0 aliphatic carbocycles. The van der Waals surface area contributed by atoms with Crippen LogP contribution in [0.15, 0.2) is 0 Å². The fraction of sp³-hybridized carbons (Fsp3) is 1.00. The molecule has 0 unspecified atom stereocenters. The van der Waals surface area contributed by atoms with E-state index < -0.39 is 0 Å². The molecule has 0 heterocycles. The highest BCUT2D eigenvalue weighted by Crippen LogP contribution is 2.21. The summed E-state index contributed by atoms with van der Waals surface area (Å²) in [5.41, 5.74) is 0. The molecule has 0 saturated carbocycles. The van der Waals surface area contributed by atoms with Crippen LogP contribution in [0.2, 0.25) is 18.1 Å². The molecule has 27 heavy (non-hydrogen) atoms. The minimum Gasteiger partial charge on any atom is -0.0654 e. The lowest BCUT2D eigenvalue weighted by atomic mass is 10.0. The van der Waals surface area contributed by atoms with Crippen molar-refractivity contribution in [1.82, 2.24) is 0 Å². The van der Waals surface area contributed by atoms with Gasteiger partial charge in [0.2, 0.25) is 0 Å². The molecule has 0 nitrogen and oxygen atoms in total. The minimum absolute atomic E-state index is 0.0624. The summed E-state index contributed by atoms with van der Waals surface area (Å²) >= 11 is 0. The average Bonchev–Trinajstić information content (AvgIpc) is 2.60. The van der Waals surface area contributed by atoms with Crippen LogP contribution in [0.5, 0.6) is 0 Å². The lowest BCUT2D eigenvalue weighted by Crippen LogP contribution is -2.17. The van der Waals surface area contributed by atoms with E-state index >= 15 is 0 Å². The number of rotatable bonds is 21.